The van der Waals surface area contributed by atoms with Gasteiger partial charge in [0.2, 0.25) is 0 Å². The highest BCUT2D eigenvalue weighted by molar-refractivity contribution is 5.73. The van der Waals surface area contributed by atoms with Crippen LogP contribution in [0.25, 0.3) is 11.1 Å². The molecule has 0 heterocycles. The summed E-state index contributed by atoms with van der Waals surface area (Å²) in [5.41, 5.74) is 4.72. The highest BCUT2D eigenvalue weighted by atomic mass is 16.2. The van der Waals surface area contributed by atoms with Crippen LogP contribution in [0.2, 0.25) is 0 Å². The lowest BCUT2D eigenvalue weighted by atomic mass is 10.0. The molecule has 0 saturated carbocycles. The van der Waals surface area contributed by atoms with Gasteiger partial charge in [0, 0.05) is 13.1 Å². The van der Waals surface area contributed by atoms with Crippen molar-refractivity contribution in [2.75, 3.05) is 6.54 Å². The molecule has 0 aliphatic carbocycles. The van der Waals surface area contributed by atoms with Crippen molar-refractivity contribution < 1.29 is 4.79 Å². The Bertz CT molecular complexity index is 783. The molecule has 3 heteroatoms. The molecule has 2 amide bonds. The lowest BCUT2D eigenvalue weighted by molar-refractivity contribution is 0.240. The van der Waals surface area contributed by atoms with E-state index in [-0.39, 0.29) is 6.03 Å². The van der Waals surface area contributed by atoms with E-state index in [1.807, 2.05) is 48.5 Å². The van der Waals surface area contributed by atoms with Gasteiger partial charge in [-0.1, -0.05) is 84.9 Å². The first-order valence-corrected chi connectivity index (χ1v) is 8.51. The molecule has 0 unspecified atom stereocenters. The number of amides is 2. The Hall–Kier alpha value is -3.07. The Labute approximate surface area is 148 Å². The van der Waals surface area contributed by atoms with Crippen molar-refractivity contribution in [3.63, 3.8) is 0 Å². The molecule has 126 valence electrons. The molecule has 3 aromatic rings. The summed E-state index contributed by atoms with van der Waals surface area (Å²) in [5.74, 6) is 0. The van der Waals surface area contributed by atoms with Crippen LogP contribution in [0, 0.1) is 0 Å². The Morgan fingerprint density at radius 2 is 1.24 bits per heavy atom. The summed E-state index contributed by atoms with van der Waals surface area (Å²) < 4.78 is 0. The SMILES string of the molecule is O=C(NCCc1ccc(-c2ccccc2)cc1)NCc1ccccc1. The van der Waals surface area contributed by atoms with Crippen LogP contribution in [0.5, 0.6) is 0 Å². The maximum absolute atomic E-state index is 11.8. The van der Waals surface area contributed by atoms with E-state index in [1.54, 1.807) is 0 Å². The summed E-state index contributed by atoms with van der Waals surface area (Å²) in [5, 5.41) is 5.76. The minimum atomic E-state index is -0.134. The molecule has 3 rings (SSSR count). The summed E-state index contributed by atoms with van der Waals surface area (Å²) >= 11 is 0. The van der Waals surface area contributed by atoms with Gasteiger partial charge < -0.3 is 10.6 Å². The Morgan fingerprint density at radius 3 is 1.92 bits per heavy atom. The average Bonchev–Trinajstić information content (AvgIpc) is 2.68. The molecule has 0 aliphatic heterocycles. The molecular formula is C22H22N2O. The predicted molar refractivity (Wildman–Crippen MR) is 102 cm³/mol. The van der Waals surface area contributed by atoms with Gasteiger partial charge in [-0.15, -0.1) is 0 Å². The molecule has 0 aromatic heterocycles. The molecule has 3 aromatic carbocycles. The third kappa shape index (κ3) is 5.21. The zero-order chi connectivity index (χ0) is 17.3. The number of rotatable bonds is 6. The Kier molecular flexibility index (Phi) is 5.83. The molecule has 2 N–H and O–H groups in total. The van der Waals surface area contributed by atoms with Gasteiger partial charge in [0.25, 0.3) is 0 Å². The quantitative estimate of drug-likeness (QED) is 0.691. The summed E-state index contributed by atoms with van der Waals surface area (Å²) in [6, 6.07) is 28.6. The van der Waals surface area contributed by atoms with Crippen molar-refractivity contribution >= 4 is 6.03 Å². The van der Waals surface area contributed by atoms with E-state index in [9.17, 15) is 4.79 Å². The van der Waals surface area contributed by atoms with Gasteiger partial charge >= 0.3 is 6.03 Å². The van der Waals surface area contributed by atoms with Gasteiger partial charge in [-0.25, -0.2) is 4.79 Å². The number of benzene rings is 3. The molecule has 0 atom stereocenters. The van der Waals surface area contributed by atoms with E-state index in [2.05, 4.69) is 47.0 Å². The van der Waals surface area contributed by atoms with E-state index < -0.39 is 0 Å². The molecule has 0 saturated heterocycles. The van der Waals surface area contributed by atoms with Crippen LogP contribution in [0.1, 0.15) is 11.1 Å². The van der Waals surface area contributed by atoms with Gasteiger partial charge in [-0.2, -0.15) is 0 Å². The van der Waals surface area contributed by atoms with Crippen LogP contribution in [0.4, 0.5) is 4.79 Å². The number of nitrogens with one attached hydrogen (secondary N) is 2. The van der Waals surface area contributed by atoms with Crippen LogP contribution in [0.15, 0.2) is 84.9 Å². The fourth-order valence-corrected chi connectivity index (χ4v) is 2.66. The second kappa shape index (κ2) is 8.69. The molecule has 3 nitrogen and oxygen atoms in total. The monoisotopic (exact) mass is 330 g/mol. The van der Waals surface area contributed by atoms with Gasteiger partial charge in [0.15, 0.2) is 0 Å². The summed E-state index contributed by atoms with van der Waals surface area (Å²) in [6.45, 7) is 1.16. The summed E-state index contributed by atoms with van der Waals surface area (Å²) in [7, 11) is 0. The molecule has 25 heavy (non-hydrogen) atoms. The van der Waals surface area contributed by atoms with Crippen LogP contribution in [-0.2, 0) is 13.0 Å². The predicted octanol–water partition coefficient (Wildman–Crippen LogP) is 4.40. The number of urea groups is 1. The fraction of sp³-hybridized carbons (Fsp3) is 0.136. The van der Waals surface area contributed by atoms with Crippen molar-refractivity contribution in [2.45, 2.75) is 13.0 Å². The molecule has 0 aliphatic rings. The zero-order valence-corrected chi connectivity index (χ0v) is 14.1. The minimum Gasteiger partial charge on any atom is -0.338 e. The van der Waals surface area contributed by atoms with Crippen LogP contribution < -0.4 is 10.6 Å². The highest BCUT2D eigenvalue weighted by Crippen LogP contribution is 2.19. The van der Waals surface area contributed by atoms with E-state index >= 15 is 0 Å². The standard InChI is InChI=1S/C22H22N2O/c25-22(24-17-19-7-3-1-4-8-19)23-16-15-18-11-13-21(14-12-18)20-9-5-2-6-10-20/h1-14H,15-17H2,(H2,23,24,25). The topological polar surface area (TPSA) is 41.1 Å². The van der Waals surface area contributed by atoms with Gasteiger partial charge in [-0.3, -0.25) is 0 Å². The second-order valence-electron chi connectivity index (χ2n) is 5.91. The largest absolute Gasteiger partial charge is 0.338 e. The maximum atomic E-state index is 11.8. The first kappa shape index (κ1) is 16.8. The van der Waals surface area contributed by atoms with E-state index in [0.717, 1.165) is 12.0 Å². The second-order valence-corrected chi connectivity index (χ2v) is 5.91. The minimum absolute atomic E-state index is 0.134. The van der Waals surface area contributed by atoms with E-state index in [1.165, 1.54) is 16.7 Å². The Balaban J connectivity index is 1.42. The third-order valence-corrected chi connectivity index (χ3v) is 4.06. The van der Waals surface area contributed by atoms with Gasteiger partial charge in [-0.05, 0) is 28.7 Å². The molecule has 0 spiro atoms. The van der Waals surface area contributed by atoms with Crippen LogP contribution >= 0.6 is 0 Å². The van der Waals surface area contributed by atoms with Crippen molar-refractivity contribution in [1.29, 1.82) is 0 Å². The van der Waals surface area contributed by atoms with Crippen molar-refractivity contribution in [1.82, 2.24) is 10.6 Å². The van der Waals surface area contributed by atoms with Crippen molar-refractivity contribution in [3.05, 3.63) is 96.1 Å². The lowest BCUT2D eigenvalue weighted by Crippen LogP contribution is -2.36. The van der Waals surface area contributed by atoms with Crippen LogP contribution in [0.3, 0.4) is 0 Å². The zero-order valence-electron chi connectivity index (χ0n) is 14.1. The third-order valence-electron chi connectivity index (χ3n) is 4.06. The number of carbonyl (C=O) groups is 1. The van der Waals surface area contributed by atoms with Gasteiger partial charge in [0.05, 0.1) is 0 Å². The van der Waals surface area contributed by atoms with E-state index in [0.29, 0.717) is 13.1 Å². The molecule has 0 radical (unpaired) electrons. The van der Waals surface area contributed by atoms with Gasteiger partial charge in [0.1, 0.15) is 0 Å². The lowest BCUT2D eigenvalue weighted by Gasteiger charge is -2.08. The maximum Gasteiger partial charge on any atom is 0.315 e. The number of carbonyl (C=O) groups excluding carboxylic acids is 1. The Morgan fingerprint density at radius 1 is 0.640 bits per heavy atom. The molecule has 0 fully saturated rings. The van der Waals surface area contributed by atoms with E-state index in [4.69, 9.17) is 0 Å². The molecular weight excluding hydrogens is 308 g/mol. The molecule has 0 bridgehead atoms. The highest BCUT2D eigenvalue weighted by Gasteiger charge is 2.01. The van der Waals surface area contributed by atoms with Crippen LogP contribution in [-0.4, -0.2) is 12.6 Å². The normalized spacial score (nSPS) is 10.2. The number of hydrogen-bond acceptors (Lipinski definition) is 1. The average molecular weight is 330 g/mol. The summed E-state index contributed by atoms with van der Waals surface area (Å²) in [4.78, 5) is 11.8. The van der Waals surface area contributed by atoms with Crippen molar-refractivity contribution in [2.24, 2.45) is 0 Å². The summed E-state index contributed by atoms with van der Waals surface area (Å²) in [6.07, 6.45) is 0.813. The van der Waals surface area contributed by atoms with Crippen molar-refractivity contribution in [3.8, 4) is 11.1 Å². The smallest absolute Gasteiger partial charge is 0.315 e. The number of hydrogen-bond donors (Lipinski definition) is 2. The first-order valence-electron chi connectivity index (χ1n) is 8.51. The first-order chi connectivity index (χ1) is 12.3. The fourth-order valence-electron chi connectivity index (χ4n) is 2.66.